The maximum absolute atomic E-state index is 11.5. The van der Waals surface area contributed by atoms with Crippen molar-refractivity contribution in [1.29, 1.82) is 0 Å². The van der Waals surface area contributed by atoms with Crippen molar-refractivity contribution in [1.82, 2.24) is 20.4 Å². The van der Waals surface area contributed by atoms with Crippen LogP contribution in [-0.4, -0.2) is 29.0 Å². The summed E-state index contributed by atoms with van der Waals surface area (Å²) in [5.74, 6) is 0. The van der Waals surface area contributed by atoms with Crippen LogP contribution in [0.1, 0.15) is 32.2 Å². The molecule has 0 saturated carbocycles. The van der Waals surface area contributed by atoms with Crippen molar-refractivity contribution in [2.75, 3.05) is 13.2 Å². The van der Waals surface area contributed by atoms with Crippen LogP contribution in [0.2, 0.25) is 0 Å². The molecular weight excluding hydrogens is 244 g/mol. The number of nitrogens with zero attached hydrogens (tertiary/aromatic N) is 2. The molecule has 0 saturated heterocycles. The number of rotatable bonds is 3. The van der Waals surface area contributed by atoms with Crippen molar-refractivity contribution < 1.29 is 9.53 Å². The molecule has 0 bridgehead atoms. The minimum absolute atomic E-state index is 0.0174. The molecular formula is C13H22N4O2. The number of hydrogen-bond acceptors (Lipinski definition) is 4. The van der Waals surface area contributed by atoms with E-state index in [0.29, 0.717) is 13.2 Å². The largest absolute Gasteiger partial charge is 0.449 e. The Labute approximate surface area is 113 Å². The van der Waals surface area contributed by atoms with Gasteiger partial charge in [0.15, 0.2) is 0 Å². The molecule has 0 aliphatic carbocycles. The van der Waals surface area contributed by atoms with E-state index in [9.17, 15) is 4.79 Å². The Balaban J connectivity index is 1.79. The third-order valence-corrected chi connectivity index (χ3v) is 2.77. The van der Waals surface area contributed by atoms with Crippen LogP contribution in [0.5, 0.6) is 0 Å². The summed E-state index contributed by atoms with van der Waals surface area (Å²) in [6.45, 7) is 9.54. The van der Waals surface area contributed by atoms with Crippen LogP contribution in [0.15, 0.2) is 6.07 Å². The van der Waals surface area contributed by atoms with Crippen molar-refractivity contribution in [3.8, 4) is 0 Å². The van der Waals surface area contributed by atoms with E-state index >= 15 is 0 Å². The molecule has 0 unspecified atom stereocenters. The molecule has 1 amide bonds. The van der Waals surface area contributed by atoms with Gasteiger partial charge in [-0.2, -0.15) is 5.10 Å². The quantitative estimate of drug-likeness (QED) is 0.864. The molecule has 1 aliphatic heterocycles. The van der Waals surface area contributed by atoms with Gasteiger partial charge < -0.3 is 15.4 Å². The molecule has 1 aliphatic rings. The van der Waals surface area contributed by atoms with Gasteiger partial charge in [0.25, 0.3) is 0 Å². The van der Waals surface area contributed by atoms with Gasteiger partial charge in [0.1, 0.15) is 0 Å². The first-order chi connectivity index (χ1) is 8.94. The molecule has 0 atom stereocenters. The molecule has 106 valence electrons. The highest BCUT2D eigenvalue weighted by Crippen LogP contribution is 2.13. The first-order valence-corrected chi connectivity index (χ1v) is 6.61. The van der Waals surface area contributed by atoms with E-state index in [0.717, 1.165) is 31.0 Å². The number of alkyl carbamates (subject to hydrolysis) is 1. The third kappa shape index (κ3) is 4.24. The Kier molecular flexibility index (Phi) is 4.09. The number of carbonyl (C=O) groups excluding carboxylic acids is 1. The summed E-state index contributed by atoms with van der Waals surface area (Å²) in [5, 5.41) is 10.4. The van der Waals surface area contributed by atoms with Gasteiger partial charge in [-0.15, -0.1) is 0 Å². The smallest absolute Gasteiger partial charge is 0.407 e. The molecule has 1 aromatic rings. The second kappa shape index (κ2) is 5.61. The van der Waals surface area contributed by atoms with Crippen LogP contribution in [-0.2, 0) is 24.4 Å². The Bertz CT molecular complexity index is 424. The van der Waals surface area contributed by atoms with Gasteiger partial charge in [0.2, 0.25) is 0 Å². The maximum Gasteiger partial charge on any atom is 0.407 e. The van der Waals surface area contributed by atoms with Crippen LogP contribution in [0.25, 0.3) is 0 Å². The second-order valence-electron chi connectivity index (χ2n) is 6.02. The van der Waals surface area contributed by atoms with Crippen LogP contribution in [0, 0.1) is 5.41 Å². The highest BCUT2D eigenvalue weighted by molar-refractivity contribution is 5.67. The van der Waals surface area contributed by atoms with Crippen molar-refractivity contribution in [2.45, 2.75) is 40.4 Å². The van der Waals surface area contributed by atoms with Gasteiger partial charge in [-0.25, -0.2) is 4.79 Å². The number of carbonyl (C=O) groups is 1. The lowest BCUT2D eigenvalue weighted by Gasteiger charge is -2.17. The molecule has 0 spiro atoms. The van der Waals surface area contributed by atoms with Gasteiger partial charge in [0, 0.05) is 13.1 Å². The van der Waals surface area contributed by atoms with Crippen molar-refractivity contribution in [3.05, 3.63) is 17.5 Å². The summed E-state index contributed by atoms with van der Waals surface area (Å²) in [6, 6.07) is 2.01. The zero-order valence-electron chi connectivity index (χ0n) is 11.8. The first-order valence-electron chi connectivity index (χ1n) is 6.61. The highest BCUT2D eigenvalue weighted by Gasteiger charge is 2.15. The number of hydrogen-bond donors (Lipinski definition) is 2. The molecule has 6 nitrogen and oxygen atoms in total. The van der Waals surface area contributed by atoms with Gasteiger partial charge in [-0.1, -0.05) is 20.8 Å². The lowest BCUT2D eigenvalue weighted by atomic mass is 9.99. The lowest BCUT2D eigenvalue weighted by molar-refractivity contribution is 0.106. The van der Waals surface area contributed by atoms with Gasteiger partial charge >= 0.3 is 6.09 Å². The molecule has 1 aromatic heterocycles. The van der Waals surface area contributed by atoms with Crippen LogP contribution >= 0.6 is 0 Å². The number of ether oxygens (including phenoxy) is 1. The van der Waals surface area contributed by atoms with Crippen LogP contribution in [0.4, 0.5) is 4.79 Å². The van der Waals surface area contributed by atoms with E-state index in [1.54, 1.807) is 0 Å². The topological polar surface area (TPSA) is 68.2 Å². The average molecular weight is 266 g/mol. The number of fused-ring (bicyclic) bond motifs is 1. The van der Waals surface area contributed by atoms with Crippen molar-refractivity contribution >= 4 is 6.09 Å². The summed E-state index contributed by atoms with van der Waals surface area (Å²) in [6.07, 6.45) is -0.390. The normalized spacial score (nSPS) is 14.9. The molecule has 2 rings (SSSR count). The summed E-state index contributed by atoms with van der Waals surface area (Å²) < 4.78 is 7.11. The molecule has 0 radical (unpaired) electrons. The minimum Gasteiger partial charge on any atom is -0.449 e. The van der Waals surface area contributed by atoms with E-state index < -0.39 is 0 Å². The fourth-order valence-corrected chi connectivity index (χ4v) is 1.83. The van der Waals surface area contributed by atoms with E-state index in [1.807, 2.05) is 31.5 Å². The zero-order chi connectivity index (χ0) is 13.9. The summed E-state index contributed by atoms with van der Waals surface area (Å²) >= 11 is 0. The zero-order valence-corrected chi connectivity index (χ0v) is 11.8. The third-order valence-electron chi connectivity index (χ3n) is 2.77. The number of aromatic nitrogens is 2. The molecule has 6 heteroatoms. The molecule has 0 aromatic carbocycles. The predicted octanol–water partition coefficient (Wildman–Crippen LogP) is 1.26. The Hall–Kier alpha value is -1.56. The Morgan fingerprint density at radius 3 is 3.05 bits per heavy atom. The van der Waals surface area contributed by atoms with Gasteiger partial charge in [-0.3, -0.25) is 4.68 Å². The fourth-order valence-electron chi connectivity index (χ4n) is 1.83. The van der Waals surface area contributed by atoms with E-state index in [-0.39, 0.29) is 11.5 Å². The standard InChI is InChI=1S/C13H22N4O2/c1-13(2,3)9-19-12(18)15-7-10-6-11-8-14-4-5-17(11)16-10/h6,14H,4-5,7-9H2,1-3H3,(H,15,18). The molecule has 19 heavy (non-hydrogen) atoms. The van der Waals surface area contributed by atoms with Crippen LogP contribution in [0.3, 0.4) is 0 Å². The summed E-state index contributed by atoms with van der Waals surface area (Å²) in [5.41, 5.74) is 2.01. The summed E-state index contributed by atoms with van der Waals surface area (Å²) in [7, 11) is 0. The van der Waals surface area contributed by atoms with Crippen molar-refractivity contribution in [2.24, 2.45) is 5.41 Å². The average Bonchev–Trinajstić information content (AvgIpc) is 2.75. The molecule has 0 fully saturated rings. The van der Waals surface area contributed by atoms with Gasteiger partial charge in [0.05, 0.1) is 31.1 Å². The van der Waals surface area contributed by atoms with E-state index in [2.05, 4.69) is 15.7 Å². The van der Waals surface area contributed by atoms with Gasteiger partial charge in [-0.05, 0) is 11.5 Å². The molecule has 2 heterocycles. The SMILES string of the molecule is CC(C)(C)COC(=O)NCc1cc2n(n1)CCNC2. The second-order valence-corrected chi connectivity index (χ2v) is 6.02. The lowest BCUT2D eigenvalue weighted by Crippen LogP contribution is -2.28. The highest BCUT2D eigenvalue weighted by atomic mass is 16.5. The predicted molar refractivity (Wildman–Crippen MR) is 71.6 cm³/mol. The molecule has 2 N–H and O–H groups in total. The van der Waals surface area contributed by atoms with E-state index in [4.69, 9.17) is 4.74 Å². The van der Waals surface area contributed by atoms with E-state index in [1.165, 1.54) is 0 Å². The maximum atomic E-state index is 11.5. The van der Waals surface area contributed by atoms with Crippen molar-refractivity contribution in [3.63, 3.8) is 0 Å². The monoisotopic (exact) mass is 266 g/mol. The summed E-state index contributed by atoms with van der Waals surface area (Å²) in [4.78, 5) is 11.5. The number of amides is 1. The number of nitrogens with one attached hydrogen (secondary N) is 2. The fraction of sp³-hybridized carbons (Fsp3) is 0.692. The van der Waals surface area contributed by atoms with Crippen LogP contribution < -0.4 is 10.6 Å². The Morgan fingerprint density at radius 2 is 2.37 bits per heavy atom. The first kappa shape index (κ1) is 13.9. The Morgan fingerprint density at radius 1 is 1.58 bits per heavy atom. The minimum atomic E-state index is -0.390.